The van der Waals surface area contributed by atoms with E-state index >= 15 is 0 Å². The molecular weight excluding hydrogens is 214 g/mol. The second kappa shape index (κ2) is 5.27. The van der Waals surface area contributed by atoms with Crippen molar-refractivity contribution >= 4 is 5.91 Å². The maximum absolute atomic E-state index is 12.1. The van der Waals surface area contributed by atoms with E-state index in [1.54, 1.807) is 6.20 Å². The van der Waals surface area contributed by atoms with Crippen LogP contribution >= 0.6 is 0 Å². The standard InChI is InChI=1S/C13H19N3O/c1-2-12(14)13(17)16(11-6-7-11)9-10-5-3-4-8-15-10/h3-5,8,11-12H,2,6-7,9,14H2,1H3/t12-/m1/s1. The molecule has 0 aromatic carbocycles. The highest BCUT2D eigenvalue weighted by atomic mass is 16.2. The highest BCUT2D eigenvalue weighted by molar-refractivity contribution is 5.82. The molecule has 2 rings (SSSR count). The number of carbonyl (C=O) groups excluding carboxylic acids is 1. The van der Waals surface area contributed by atoms with Gasteiger partial charge in [0.15, 0.2) is 0 Å². The van der Waals surface area contributed by atoms with Crippen molar-refractivity contribution in [3.8, 4) is 0 Å². The van der Waals surface area contributed by atoms with E-state index in [0.717, 1.165) is 18.5 Å². The lowest BCUT2D eigenvalue weighted by Crippen LogP contribution is -2.44. The minimum Gasteiger partial charge on any atom is -0.332 e. The number of hydrogen-bond acceptors (Lipinski definition) is 3. The summed E-state index contributed by atoms with van der Waals surface area (Å²) in [7, 11) is 0. The predicted molar refractivity (Wildman–Crippen MR) is 66.1 cm³/mol. The smallest absolute Gasteiger partial charge is 0.240 e. The van der Waals surface area contributed by atoms with Crippen molar-refractivity contribution in [3.05, 3.63) is 30.1 Å². The van der Waals surface area contributed by atoms with Crippen molar-refractivity contribution in [1.29, 1.82) is 0 Å². The van der Waals surface area contributed by atoms with Crippen LogP contribution in [0.5, 0.6) is 0 Å². The van der Waals surface area contributed by atoms with Gasteiger partial charge >= 0.3 is 0 Å². The molecule has 1 atom stereocenters. The average molecular weight is 233 g/mol. The number of amides is 1. The van der Waals surface area contributed by atoms with E-state index in [0.29, 0.717) is 19.0 Å². The Bertz CT molecular complexity index is 376. The summed E-state index contributed by atoms with van der Waals surface area (Å²) in [5.74, 6) is 0.0562. The van der Waals surface area contributed by atoms with Crippen molar-refractivity contribution in [2.24, 2.45) is 5.73 Å². The molecule has 92 valence electrons. The maximum atomic E-state index is 12.1. The minimum absolute atomic E-state index is 0.0562. The zero-order valence-electron chi connectivity index (χ0n) is 10.2. The van der Waals surface area contributed by atoms with Crippen molar-refractivity contribution in [2.75, 3.05) is 0 Å². The van der Waals surface area contributed by atoms with Gasteiger partial charge in [-0.3, -0.25) is 9.78 Å². The molecule has 1 heterocycles. The van der Waals surface area contributed by atoms with Crippen LogP contribution in [-0.4, -0.2) is 27.9 Å². The fourth-order valence-corrected chi connectivity index (χ4v) is 1.83. The number of nitrogens with zero attached hydrogens (tertiary/aromatic N) is 2. The molecule has 0 unspecified atom stereocenters. The van der Waals surface area contributed by atoms with E-state index in [-0.39, 0.29) is 11.9 Å². The minimum atomic E-state index is -0.376. The van der Waals surface area contributed by atoms with Crippen molar-refractivity contribution in [3.63, 3.8) is 0 Å². The second-order valence-corrected chi connectivity index (χ2v) is 4.53. The molecule has 0 bridgehead atoms. The van der Waals surface area contributed by atoms with Crippen LogP contribution in [0, 0.1) is 0 Å². The molecule has 4 heteroatoms. The fourth-order valence-electron chi connectivity index (χ4n) is 1.83. The van der Waals surface area contributed by atoms with Crippen LogP contribution in [0.15, 0.2) is 24.4 Å². The van der Waals surface area contributed by atoms with E-state index in [1.165, 1.54) is 0 Å². The number of aromatic nitrogens is 1. The molecule has 1 aromatic rings. The molecule has 0 spiro atoms. The number of carbonyl (C=O) groups is 1. The molecular formula is C13H19N3O. The largest absolute Gasteiger partial charge is 0.332 e. The molecule has 1 aromatic heterocycles. The third-order valence-corrected chi connectivity index (χ3v) is 3.09. The molecule has 2 N–H and O–H groups in total. The Hall–Kier alpha value is -1.42. The van der Waals surface area contributed by atoms with Gasteiger partial charge in [0.2, 0.25) is 5.91 Å². The summed E-state index contributed by atoms with van der Waals surface area (Å²) in [5, 5.41) is 0. The van der Waals surface area contributed by atoms with Gasteiger partial charge in [0.25, 0.3) is 0 Å². The number of pyridine rings is 1. The third-order valence-electron chi connectivity index (χ3n) is 3.09. The first-order chi connectivity index (χ1) is 8.22. The average Bonchev–Trinajstić information content (AvgIpc) is 3.19. The summed E-state index contributed by atoms with van der Waals surface area (Å²) in [6.45, 7) is 2.52. The molecule has 0 aliphatic heterocycles. The second-order valence-electron chi connectivity index (χ2n) is 4.53. The van der Waals surface area contributed by atoms with E-state index in [1.807, 2.05) is 30.0 Å². The molecule has 1 amide bonds. The summed E-state index contributed by atoms with van der Waals surface area (Å²) >= 11 is 0. The zero-order valence-corrected chi connectivity index (χ0v) is 10.2. The molecule has 0 radical (unpaired) electrons. The lowest BCUT2D eigenvalue weighted by atomic mass is 10.2. The van der Waals surface area contributed by atoms with Gasteiger partial charge in [-0.05, 0) is 31.4 Å². The summed E-state index contributed by atoms with van der Waals surface area (Å²) in [6.07, 6.45) is 4.62. The predicted octanol–water partition coefficient (Wildman–Crippen LogP) is 1.31. The Morgan fingerprint density at radius 1 is 1.59 bits per heavy atom. The van der Waals surface area contributed by atoms with Crippen LogP contribution in [0.2, 0.25) is 0 Å². The zero-order chi connectivity index (χ0) is 12.3. The van der Waals surface area contributed by atoms with Gasteiger partial charge in [0, 0.05) is 12.2 Å². The van der Waals surface area contributed by atoms with Crippen molar-refractivity contribution in [1.82, 2.24) is 9.88 Å². The first kappa shape index (κ1) is 12.0. The topological polar surface area (TPSA) is 59.2 Å². The first-order valence-electron chi connectivity index (χ1n) is 6.18. The number of nitrogens with two attached hydrogens (primary N) is 1. The monoisotopic (exact) mass is 233 g/mol. The number of hydrogen-bond donors (Lipinski definition) is 1. The third kappa shape index (κ3) is 3.03. The Kier molecular flexibility index (Phi) is 3.74. The van der Waals surface area contributed by atoms with Crippen LogP contribution in [0.1, 0.15) is 31.9 Å². The van der Waals surface area contributed by atoms with Gasteiger partial charge in [-0.15, -0.1) is 0 Å². The Balaban J connectivity index is 2.05. The first-order valence-corrected chi connectivity index (χ1v) is 6.18. The van der Waals surface area contributed by atoms with Crippen LogP contribution in [0.25, 0.3) is 0 Å². The van der Waals surface area contributed by atoms with Crippen LogP contribution < -0.4 is 5.73 Å². The summed E-state index contributed by atoms with van der Waals surface area (Å²) in [4.78, 5) is 18.3. The summed E-state index contributed by atoms with van der Waals surface area (Å²) in [5.41, 5.74) is 6.75. The summed E-state index contributed by atoms with van der Waals surface area (Å²) < 4.78 is 0. The van der Waals surface area contributed by atoms with Gasteiger partial charge in [-0.25, -0.2) is 0 Å². The fraction of sp³-hybridized carbons (Fsp3) is 0.538. The SMILES string of the molecule is CC[C@@H](N)C(=O)N(Cc1ccccn1)C1CC1. The lowest BCUT2D eigenvalue weighted by molar-refractivity contribution is -0.133. The molecule has 1 fully saturated rings. The lowest BCUT2D eigenvalue weighted by Gasteiger charge is -2.24. The normalized spacial score (nSPS) is 16.6. The highest BCUT2D eigenvalue weighted by Gasteiger charge is 2.34. The Morgan fingerprint density at radius 2 is 2.35 bits per heavy atom. The van der Waals surface area contributed by atoms with Gasteiger partial charge < -0.3 is 10.6 Å². The Labute approximate surface area is 102 Å². The van der Waals surface area contributed by atoms with E-state index in [2.05, 4.69) is 4.98 Å². The van der Waals surface area contributed by atoms with Crippen molar-refractivity contribution < 1.29 is 4.79 Å². The molecule has 1 saturated carbocycles. The molecule has 4 nitrogen and oxygen atoms in total. The van der Waals surface area contributed by atoms with Crippen molar-refractivity contribution in [2.45, 2.75) is 44.8 Å². The summed E-state index contributed by atoms with van der Waals surface area (Å²) in [6, 6.07) is 5.77. The van der Waals surface area contributed by atoms with Gasteiger partial charge in [-0.1, -0.05) is 13.0 Å². The van der Waals surface area contributed by atoms with Gasteiger partial charge in [0.1, 0.15) is 0 Å². The molecule has 0 saturated heterocycles. The number of rotatable bonds is 5. The Morgan fingerprint density at radius 3 is 2.88 bits per heavy atom. The van der Waals surface area contributed by atoms with Crippen LogP contribution in [0.3, 0.4) is 0 Å². The highest BCUT2D eigenvalue weighted by Crippen LogP contribution is 2.28. The van der Waals surface area contributed by atoms with Crippen LogP contribution in [-0.2, 0) is 11.3 Å². The van der Waals surface area contributed by atoms with E-state index < -0.39 is 0 Å². The van der Waals surface area contributed by atoms with Gasteiger partial charge in [0.05, 0.1) is 18.3 Å². The molecule has 17 heavy (non-hydrogen) atoms. The van der Waals surface area contributed by atoms with Crippen LogP contribution in [0.4, 0.5) is 0 Å². The van der Waals surface area contributed by atoms with E-state index in [4.69, 9.17) is 5.73 Å². The van der Waals surface area contributed by atoms with E-state index in [9.17, 15) is 4.79 Å². The quantitative estimate of drug-likeness (QED) is 0.834. The molecule has 1 aliphatic carbocycles. The maximum Gasteiger partial charge on any atom is 0.240 e. The molecule has 1 aliphatic rings. The van der Waals surface area contributed by atoms with Gasteiger partial charge in [-0.2, -0.15) is 0 Å².